The van der Waals surface area contributed by atoms with Crippen LogP contribution in [0.2, 0.25) is 0 Å². The Bertz CT molecular complexity index is 1930. The molecule has 4 aromatic rings. The van der Waals surface area contributed by atoms with Gasteiger partial charge in [0.25, 0.3) is 5.56 Å². The Morgan fingerprint density at radius 2 is 1.98 bits per heavy atom. The second kappa shape index (κ2) is 10.5. The fourth-order valence-electron chi connectivity index (χ4n) is 6.55. The zero-order valence-electron chi connectivity index (χ0n) is 25.5. The molecule has 0 radical (unpaired) electrons. The summed E-state index contributed by atoms with van der Waals surface area (Å²) in [5.41, 5.74) is -4.20. The molecule has 4 fully saturated rings. The SMILES string of the molecule is [2H]C([2H])(Oc1nc(N2CC3CCC2CN3)c2cc(C(F)(F)F)n(-c3cc(O)cc4ccc(F)c(F)c34)c(=O)c2n1)[C@@H]1CCCN1C. The first-order chi connectivity index (χ1) is 21.7. The standard InChI is InChI=1S/C30H29F5N6O3/c1-39-8-2-3-18(39)14-44-29-37-26-20(27(38-29)40-13-16-5-6-17(40)12-36-16)11-23(30(33,34)35)41(28(26)43)22-10-19(42)9-15-4-7-21(31)25(32)24(15)22/h4,7,9-11,16-18,36,42H,2-3,5-6,8,12-14H2,1H3/t16?,17?,18-/m0/s1/i14D2. The van der Waals surface area contributed by atoms with Gasteiger partial charge < -0.3 is 25.0 Å². The van der Waals surface area contributed by atoms with Crippen LogP contribution < -0.4 is 20.5 Å². The fourth-order valence-corrected chi connectivity index (χ4v) is 6.55. The minimum absolute atomic E-state index is 0.0111. The number of likely N-dealkylation sites (tertiary alicyclic amines) is 1. The van der Waals surface area contributed by atoms with Crippen molar-refractivity contribution < 1.29 is 34.5 Å². The molecule has 2 aromatic heterocycles. The minimum atomic E-state index is -5.19. The number of piperidine rings is 2. The van der Waals surface area contributed by atoms with Gasteiger partial charge in [0.15, 0.2) is 11.6 Å². The number of hydrogen-bond donors (Lipinski definition) is 2. The van der Waals surface area contributed by atoms with Gasteiger partial charge in [0, 0.05) is 42.7 Å². The van der Waals surface area contributed by atoms with Crippen molar-refractivity contribution >= 4 is 27.5 Å². The number of hydrogen-bond acceptors (Lipinski definition) is 8. The van der Waals surface area contributed by atoms with Crippen molar-refractivity contribution in [3.05, 3.63) is 58.0 Å². The van der Waals surface area contributed by atoms with Crippen LogP contribution in [0.1, 0.15) is 34.1 Å². The lowest BCUT2D eigenvalue weighted by atomic mass is 9.93. The molecule has 6 heterocycles. The summed E-state index contributed by atoms with van der Waals surface area (Å²) in [6.45, 7) is -0.823. The van der Waals surface area contributed by atoms with Gasteiger partial charge in [-0.25, -0.2) is 8.78 Å². The number of aromatic nitrogens is 3. The number of halogens is 5. The van der Waals surface area contributed by atoms with E-state index in [1.807, 2.05) is 0 Å². The van der Waals surface area contributed by atoms with E-state index in [4.69, 9.17) is 7.48 Å². The number of ether oxygens (including phenoxy) is 1. The number of likely N-dealkylation sites (N-methyl/N-ethyl adjacent to an activating group) is 1. The number of pyridine rings is 1. The van der Waals surface area contributed by atoms with E-state index < -0.39 is 70.0 Å². The summed E-state index contributed by atoms with van der Waals surface area (Å²) in [5.74, 6) is -3.49. The maximum Gasteiger partial charge on any atom is 0.431 e. The topological polar surface area (TPSA) is 95.8 Å². The van der Waals surface area contributed by atoms with Gasteiger partial charge in [-0.15, -0.1) is 0 Å². The molecule has 4 aliphatic heterocycles. The average Bonchev–Trinajstić information content (AvgIpc) is 3.45. The van der Waals surface area contributed by atoms with Gasteiger partial charge in [0.1, 0.15) is 29.3 Å². The molecule has 0 aliphatic carbocycles. The van der Waals surface area contributed by atoms with E-state index >= 15 is 4.39 Å². The Kier molecular flexibility index (Phi) is 6.32. The Balaban J connectivity index is 1.52. The van der Waals surface area contributed by atoms with Crippen molar-refractivity contribution in [3.63, 3.8) is 0 Å². The smallest absolute Gasteiger partial charge is 0.431 e. The van der Waals surface area contributed by atoms with Crippen molar-refractivity contribution in [1.82, 2.24) is 24.8 Å². The van der Waals surface area contributed by atoms with Gasteiger partial charge in [-0.1, -0.05) is 6.07 Å². The molecule has 44 heavy (non-hydrogen) atoms. The number of aromatic hydroxyl groups is 1. The molecule has 4 aliphatic rings. The van der Waals surface area contributed by atoms with Gasteiger partial charge >= 0.3 is 12.2 Å². The van der Waals surface area contributed by atoms with Gasteiger partial charge in [0.2, 0.25) is 0 Å². The van der Waals surface area contributed by atoms with E-state index in [1.165, 1.54) is 0 Å². The Morgan fingerprint density at radius 1 is 1.16 bits per heavy atom. The molecule has 0 amide bonds. The first-order valence-corrected chi connectivity index (χ1v) is 14.3. The normalized spacial score (nSPS) is 23.4. The average molecular weight is 619 g/mol. The summed E-state index contributed by atoms with van der Waals surface area (Å²) in [5, 5.41) is 12.7. The molecule has 2 bridgehead atoms. The maximum absolute atomic E-state index is 15.2. The summed E-state index contributed by atoms with van der Waals surface area (Å²) in [7, 11) is 1.74. The molecule has 2 aromatic carbocycles. The molecular formula is C30H29F5N6O3. The predicted octanol–water partition coefficient (Wildman–Crippen LogP) is 4.35. The quantitative estimate of drug-likeness (QED) is 0.319. The Labute approximate surface area is 250 Å². The monoisotopic (exact) mass is 618 g/mol. The highest BCUT2D eigenvalue weighted by Gasteiger charge is 2.40. The Morgan fingerprint density at radius 3 is 2.64 bits per heavy atom. The van der Waals surface area contributed by atoms with Crippen molar-refractivity contribution in [2.45, 2.75) is 50.0 Å². The molecule has 8 rings (SSSR count). The third kappa shape index (κ3) is 4.80. The maximum atomic E-state index is 15.2. The summed E-state index contributed by atoms with van der Waals surface area (Å²) < 4.78 is 97.3. The zero-order valence-corrected chi connectivity index (χ0v) is 23.5. The second-order valence-corrected chi connectivity index (χ2v) is 11.5. The summed E-state index contributed by atoms with van der Waals surface area (Å²) >= 11 is 0. The zero-order chi connectivity index (χ0) is 32.7. The summed E-state index contributed by atoms with van der Waals surface area (Å²) in [6, 6.07) is 2.89. The van der Waals surface area contributed by atoms with E-state index in [0.717, 1.165) is 37.1 Å². The number of nitrogens with zero attached hydrogens (tertiary/aromatic N) is 5. The highest BCUT2D eigenvalue weighted by molar-refractivity contribution is 5.94. The lowest BCUT2D eigenvalue weighted by molar-refractivity contribution is -0.142. The lowest BCUT2D eigenvalue weighted by Gasteiger charge is -2.46. The van der Waals surface area contributed by atoms with E-state index in [-0.39, 0.29) is 33.2 Å². The van der Waals surface area contributed by atoms with Crippen molar-refractivity contribution in [1.29, 1.82) is 0 Å². The molecule has 9 nitrogen and oxygen atoms in total. The number of fused-ring (bicyclic) bond motifs is 5. The number of alkyl halides is 3. The Hall–Kier alpha value is -4.04. The molecule has 14 heteroatoms. The first kappa shape index (κ1) is 26.4. The summed E-state index contributed by atoms with van der Waals surface area (Å²) in [6.07, 6.45) is -2.46. The van der Waals surface area contributed by atoms with E-state index in [1.54, 1.807) is 16.8 Å². The molecule has 2 N–H and O–H groups in total. The lowest BCUT2D eigenvalue weighted by Crippen LogP contribution is -2.61. The van der Waals surface area contributed by atoms with E-state index in [0.29, 0.717) is 38.5 Å². The number of piperazine rings is 1. The van der Waals surface area contributed by atoms with Gasteiger partial charge in [-0.2, -0.15) is 23.1 Å². The number of phenolic OH excluding ortho intramolecular Hbond substituents is 1. The van der Waals surface area contributed by atoms with Crippen molar-refractivity contribution in [2.24, 2.45) is 0 Å². The van der Waals surface area contributed by atoms with Crippen molar-refractivity contribution in [3.8, 4) is 17.4 Å². The van der Waals surface area contributed by atoms with Crippen LogP contribution in [-0.2, 0) is 6.18 Å². The predicted molar refractivity (Wildman–Crippen MR) is 153 cm³/mol. The summed E-state index contributed by atoms with van der Waals surface area (Å²) in [4.78, 5) is 26.4. The molecular weight excluding hydrogens is 587 g/mol. The van der Waals surface area contributed by atoms with E-state index in [2.05, 4.69) is 15.3 Å². The number of rotatable bonds is 5. The number of anilines is 1. The third-order valence-electron chi connectivity index (χ3n) is 8.76. The largest absolute Gasteiger partial charge is 0.508 e. The number of nitrogens with one attached hydrogen (secondary N) is 1. The van der Waals surface area contributed by atoms with Gasteiger partial charge in [-0.3, -0.25) is 9.36 Å². The van der Waals surface area contributed by atoms with Gasteiger partial charge in [0.05, 0.1) is 13.8 Å². The van der Waals surface area contributed by atoms with Crippen LogP contribution in [0.4, 0.5) is 27.8 Å². The molecule has 0 saturated carbocycles. The molecule has 3 atom stereocenters. The third-order valence-corrected chi connectivity index (χ3v) is 8.76. The van der Waals surface area contributed by atoms with Crippen LogP contribution in [-0.4, -0.2) is 75.9 Å². The van der Waals surface area contributed by atoms with Crippen LogP contribution in [0.5, 0.6) is 11.8 Å². The molecule has 232 valence electrons. The van der Waals surface area contributed by atoms with Crippen molar-refractivity contribution in [2.75, 3.05) is 38.1 Å². The highest BCUT2D eigenvalue weighted by Crippen LogP contribution is 2.39. The number of benzene rings is 2. The van der Waals surface area contributed by atoms with E-state index in [9.17, 15) is 27.5 Å². The molecule has 2 unspecified atom stereocenters. The van der Waals surface area contributed by atoms with Crippen LogP contribution in [0, 0.1) is 11.6 Å². The van der Waals surface area contributed by atoms with Crippen LogP contribution in [0.15, 0.2) is 35.1 Å². The van der Waals surface area contributed by atoms with Crippen LogP contribution in [0.3, 0.4) is 0 Å². The second-order valence-electron chi connectivity index (χ2n) is 11.5. The minimum Gasteiger partial charge on any atom is -0.508 e. The first-order valence-electron chi connectivity index (χ1n) is 15.3. The highest BCUT2D eigenvalue weighted by atomic mass is 19.4. The molecule has 0 spiro atoms. The van der Waals surface area contributed by atoms with Crippen LogP contribution in [0.25, 0.3) is 27.4 Å². The molecule has 4 saturated heterocycles. The van der Waals surface area contributed by atoms with Crippen LogP contribution >= 0.6 is 0 Å². The number of phenols is 1. The van der Waals surface area contributed by atoms with Gasteiger partial charge in [-0.05, 0) is 62.9 Å². The fraction of sp³-hybridized carbons (Fsp3) is 0.433.